The Hall–Kier alpha value is -3.72. The van der Waals surface area contributed by atoms with Gasteiger partial charge in [0.05, 0.1) is 31.1 Å². The molecule has 0 aliphatic carbocycles. The third kappa shape index (κ3) is 7.65. The molecular formula is C26H31N3O6. The van der Waals surface area contributed by atoms with Crippen LogP contribution < -0.4 is 5.32 Å². The Morgan fingerprint density at radius 2 is 1.80 bits per heavy atom. The van der Waals surface area contributed by atoms with E-state index in [4.69, 9.17) is 18.6 Å². The highest BCUT2D eigenvalue weighted by Crippen LogP contribution is 2.25. The summed E-state index contributed by atoms with van der Waals surface area (Å²) in [6, 6.07) is 12.6. The van der Waals surface area contributed by atoms with Gasteiger partial charge in [0, 0.05) is 0 Å². The second-order valence-corrected chi connectivity index (χ2v) is 8.84. The van der Waals surface area contributed by atoms with Gasteiger partial charge in [-0.05, 0) is 52.3 Å². The molecule has 1 amide bonds. The van der Waals surface area contributed by atoms with E-state index in [1.54, 1.807) is 46.8 Å². The number of esters is 1. The van der Waals surface area contributed by atoms with Crippen LogP contribution in [0.25, 0.3) is 11.4 Å². The number of ether oxygens (including phenoxy) is 3. The molecule has 0 fully saturated rings. The highest BCUT2D eigenvalue weighted by Gasteiger charge is 2.23. The average molecular weight is 482 g/mol. The van der Waals surface area contributed by atoms with Crippen molar-refractivity contribution in [3.63, 3.8) is 0 Å². The van der Waals surface area contributed by atoms with Gasteiger partial charge in [0.25, 0.3) is 0 Å². The van der Waals surface area contributed by atoms with Gasteiger partial charge in [0.1, 0.15) is 29.3 Å². The molecule has 9 nitrogen and oxygen atoms in total. The number of amides is 1. The molecule has 0 unspecified atom stereocenters. The van der Waals surface area contributed by atoms with E-state index in [9.17, 15) is 9.59 Å². The van der Waals surface area contributed by atoms with Crippen molar-refractivity contribution in [1.29, 1.82) is 0 Å². The van der Waals surface area contributed by atoms with Crippen LogP contribution in [0.15, 0.2) is 53.1 Å². The van der Waals surface area contributed by atoms with Gasteiger partial charge in [-0.15, -0.1) is 0 Å². The summed E-state index contributed by atoms with van der Waals surface area (Å²) in [5.41, 5.74) is 1.94. The van der Waals surface area contributed by atoms with Gasteiger partial charge in [-0.3, -0.25) is 0 Å². The van der Waals surface area contributed by atoms with E-state index < -0.39 is 23.7 Å². The average Bonchev–Trinajstić information content (AvgIpc) is 3.29. The summed E-state index contributed by atoms with van der Waals surface area (Å²) >= 11 is 0. The van der Waals surface area contributed by atoms with Crippen LogP contribution in [0.1, 0.15) is 68.2 Å². The molecule has 1 N–H and O–H groups in total. The number of benzene rings is 1. The fraction of sp³-hybridized carbons (Fsp3) is 0.385. The highest BCUT2D eigenvalue weighted by molar-refractivity contribution is 5.95. The number of oxazole rings is 1. The molecule has 35 heavy (non-hydrogen) atoms. The number of aromatic nitrogens is 2. The van der Waals surface area contributed by atoms with E-state index in [2.05, 4.69) is 15.3 Å². The third-order valence-electron chi connectivity index (χ3n) is 4.68. The molecular weight excluding hydrogens is 450 g/mol. The van der Waals surface area contributed by atoms with Crippen LogP contribution in [0.4, 0.5) is 4.79 Å². The molecule has 0 spiro atoms. The molecule has 2 heterocycles. The molecule has 0 bridgehead atoms. The van der Waals surface area contributed by atoms with Crippen LogP contribution in [0.2, 0.25) is 0 Å². The number of carbonyl (C=O) groups excluding carboxylic acids is 2. The van der Waals surface area contributed by atoms with Gasteiger partial charge in [-0.1, -0.05) is 30.3 Å². The van der Waals surface area contributed by atoms with Gasteiger partial charge < -0.3 is 23.9 Å². The second kappa shape index (κ2) is 11.6. The van der Waals surface area contributed by atoms with Gasteiger partial charge in [-0.2, -0.15) is 0 Å². The standard InChI is InChI=1S/C26H31N3O6/c1-6-33-24(30)20-13-12-19(15-32-14-18-10-8-7-9-11-18)28-22(20)21-16-34-23(29-21)17(2)27-25(31)35-26(3,4)5/h7-13,16-17H,6,14-15H2,1-5H3,(H,27,31)/t17-/m0/s1. The zero-order chi connectivity index (χ0) is 25.4. The second-order valence-electron chi connectivity index (χ2n) is 8.84. The van der Waals surface area contributed by atoms with Crippen molar-refractivity contribution < 1.29 is 28.2 Å². The number of hydrogen-bond acceptors (Lipinski definition) is 8. The lowest BCUT2D eigenvalue weighted by molar-refractivity contribution is 0.0497. The molecule has 0 saturated carbocycles. The molecule has 0 saturated heterocycles. The van der Waals surface area contributed by atoms with Crippen molar-refractivity contribution >= 4 is 12.1 Å². The SMILES string of the molecule is CCOC(=O)c1ccc(COCc2ccccc2)nc1-c1coc([C@H](C)NC(=O)OC(C)(C)C)n1. The topological polar surface area (TPSA) is 113 Å². The minimum atomic E-state index is -0.632. The number of nitrogens with zero attached hydrogens (tertiary/aromatic N) is 2. The predicted molar refractivity (Wildman–Crippen MR) is 128 cm³/mol. The van der Waals surface area contributed by atoms with Gasteiger partial charge in [0.15, 0.2) is 0 Å². The van der Waals surface area contributed by atoms with Crippen molar-refractivity contribution in [2.24, 2.45) is 0 Å². The number of alkyl carbamates (subject to hydrolysis) is 1. The first kappa shape index (κ1) is 25.9. The number of rotatable bonds is 9. The lowest BCUT2D eigenvalue weighted by atomic mass is 10.1. The smallest absolute Gasteiger partial charge is 0.408 e. The number of hydrogen-bond donors (Lipinski definition) is 1. The molecule has 1 atom stereocenters. The zero-order valence-corrected chi connectivity index (χ0v) is 20.7. The van der Waals surface area contributed by atoms with Crippen molar-refractivity contribution in [3.05, 3.63) is 71.4 Å². The predicted octanol–water partition coefficient (Wildman–Crippen LogP) is 5.22. The maximum absolute atomic E-state index is 12.5. The Labute approximate surface area is 204 Å². The van der Waals surface area contributed by atoms with E-state index in [0.29, 0.717) is 23.7 Å². The molecule has 0 aliphatic heterocycles. The highest BCUT2D eigenvalue weighted by atomic mass is 16.6. The van der Waals surface area contributed by atoms with Crippen LogP contribution in [-0.2, 0) is 27.4 Å². The van der Waals surface area contributed by atoms with E-state index in [-0.39, 0.29) is 24.7 Å². The number of carbonyl (C=O) groups is 2. The van der Waals surface area contributed by atoms with Crippen LogP contribution in [-0.4, -0.2) is 34.2 Å². The maximum atomic E-state index is 12.5. The van der Waals surface area contributed by atoms with Crippen molar-refractivity contribution in [2.45, 2.75) is 59.5 Å². The van der Waals surface area contributed by atoms with Crippen LogP contribution >= 0.6 is 0 Å². The quantitative estimate of drug-likeness (QED) is 0.414. The maximum Gasteiger partial charge on any atom is 0.408 e. The lowest BCUT2D eigenvalue weighted by Gasteiger charge is -2.20. The summed E-state index contributed by atoms with van der Waals surface area (Å²) in [5, 5.41) is 2.68. The Bertz CT molecular complexity index is 1140. The summed E-state index contributed by atoms with van der Waals surface area (Å²) in [5.74, 6) is -0.274. The van der Waals surface area contributed by atoms with Crippen LogP contribution in [0, 0.1) is 0 Å². The Morgan fingerprint density at radius 3 is 2.49 bits per heavy atom. The van der Waals surface area contributed by atoms with E-state index in [1.807, 2.05) is 30.3 Å². The van der Waals surface area contributed by atoms with E-state index >= 15 is 0 Å². The summed E-state index contributed by atoms with van der Waals surface area (Å²) in [7, 11) is 0. The minimum absolute atomic E-state index is 0.223. The molecule has 9 heteroatoms. The lowest BCUT2D eigenvalue weighted by Crippen LogP contribution is -2.34. The van der Waals surface area contributed by atoms with Crippen molar-refractivity contribution in [3.8, 4) is 11.4 Å². The minimum Gasteiger partial charge on any atom is -0.462 e. The summed E-state index contributed by atoms with van der Waals surface area (Å²) in [6.45, 7) is 9.67. The first-order chi connectivity index (χ1) is 16.7. The fourth-order valence-corrected chi connectivity index (χ4v) is 3.14. The molecule has 0 radical (unpaired) electrons. The largest absolute Gasteiger partial charge is 0.462 e. The summed E-state index contributed by atoms with van der Waals surface area (Å²) < 4.78 is 21.8. The van der Waals surface area contributed by atoms with E-state index in [1.165, 1.54) is 6.26 Å². The van der Waals surface area contributed by atoms with Crippen molar-refractivity contribution in [1.82, 2.24) is 15.3 Å². The zero-order valence-electron chi connectivity index (χ0n) is 20.7. The molecule has 3 aromatic rings. The Morgan fingerprint density at radius 1 is 1.06 bits per heavy atom. The summed E-state index contributed by atoms with van der Waals surface area (Å²) in [4.78, 5) is 33.7. The fourth-order valence-electron chi connectivity index (χ4n) is 3.14. The molecule has 1 aromatic carbocycles. The number of pyridine rings is 1. The Balaban J connectivity index is 1.79. The van der Waals surface area contributed by atoms with Crippen LogP contribution in [0.3, 0.4) is 0 Å². The first-order valence-electron chi connectivity index (χ1n) is 11.4. The number of nitrogens with one attached hydrogen (secondary N) is 1. The monoisotopic (exact) mass is 481 g/mol. The van der Waals surface area contributed by atoms with Gasteiger partial charge in [0.2, 0.25) is 5.89 Å². The molecule has 2 aromatic heterocycles. The normalized spacial score (nSPS) is 12.1. The van der Waals surface area contributed by atoms with Gasteiger partial charge in [-0.25, -0.2) is 19.6 Å². The first-order valence-corrected chi connectivity index (χ1v) is 11.4. The third-order valence-corrected chi connectivity index (χ3v) is 4.68. The van der Waals surface area contributed by atoms with Gasteiger partial charge >= 0.3 is 12.1 Å². The van der Waals surface area contributed by atoms with Crippen molar-refractivity contribution in [2.75, 3.05) is 6.61 Å². The Kier molecular flexibility index (Phi) is 8.59. The van der Waals surface area contributed by atoms with E-state index in [0.717, 1.165) is 5.56 Å². The summed E-state index contributed by atoms with van der Waals surface area (Å²) in [6.07, 6.45) is 0.801. The molecule has 0 aliphatic rings. The molecule has 186 valence electrons. The molecule has 3 rings (SSSR count). The van der Waals surface area contributed by atoms with Crippen LogP contribution in [0.5, 0.6) is 0 Å².